The summed E-state index contributed by atoms with van der Waals surface area (Å²) < 4.78 is 32.6. The van der Waals surface area contributed by atoms with Crippen molar-refractivity contribution in [1.29, 1.82) is 0 Å². The van der Waals surface area contributed by atoms with Crippen molar-refractivity contribution in [3.8, 4) is 5.75 Å². The molecule has 0 saturated carbocycles. The highest BCUT2D eigenvalue weighted by molar-refractivity contribution is 7.89. The van der Waals surface area contributed by atoms with Crippen molar-refractivity contribution >= 4 is 16.0 Å². The first kappa shape index (κ1) is 19.0. The van der Waals surface area contributed by atoms with E-state index in [0.29, 0.717) is 5.75 Å². The number of carbonyl (C=O) groups is 1. The highest BCUT2D eigenvalue weighted by Gasteiger charge is 2.25. The molecule has 2 rings (SSSR count). The Bertz CT molecular complexity index is 801. The van der Waals surface area contributed by atoms with Crippen LogP contribution < -0.4 is 9.46 Å². The van der Waals surface area contributed by atoms with E-state index < -0.39 is 22.0 Å². The van der Waals surface area contributed by atoms with Crippen LogP contribution >= 0.6 is 0 Å². The Morgan fingerprint density at radius 1 is 1.08 bits per heavy atom. The molecule has 134 valence electrons. The maximum atomic E-state index is 12.5. The average molecular weight is 363 g/mol. The molecular weight excluding hydrogens is 342 g/mol. The summed E-state index contributed by atoms with van der Waals surface area (Å²) in [5.74, 6) is -0.680. The van der Waals surface area contributed by atoms with E-state index in [-0.39, 0.29) is 17.4 Å². The molecule has 0 aliphatic heterocycles. The Balaban J connectivity index is 2.15. The predicted octanol–water partition coefficient (Wildman–Crippen LogP) is 2.45. The average Bonchev–Trinajstić information content (AvgIpc) is 2.55. The summed E-state index contributed by atoms with van der Waals surface area (Å²) in [5.41, 5.74) is 0.735. The third-order valence-electron chi connectivity index (χ3n) is 3.38. The van der Waals surface area contributed by atoms with Crippen molar-refractivity contribution in [2.75, 3.05) is 0 Å². The number of carboxylic acids is 1. The molecular formula is C18H21NO5S. The number of aliphatic carboxylic acids is 1. The molecule has 1 atom stereocenters. The molecule has 6 nitrogen and oxygen atoms in total. The van der Waals surface area contributed by atoms with Crippen molar-refractivity contribution in [3.05, 3.63) is 60.2 Å². The van der Waals surface area contributed by atoms with E-state index in [1.54, 1.807) is 36.4 Å². The Kier molecular flexibility index (Phi) is 6.17. The number of sulfonamides is 1. The first-order valence-electron chi connectivity index (χ1n) is 7.84. The topological polar surface area (TPSA) is 92.7 Å². The lowest BCUT2D eigenvalue weighted by molar-refractivity contribution is -0.138. The van der Waals surface area contributed by atoms with Gasteiger partial charge in [-0.2, -0.15) is 4.72 Å². The van der Waals surface area contributed by atoms with Crippen LogP contribution in [0.1, 0.15) is 19.4 Å². The van der Waals surface area contributed by atoms with E-state index in [9.17, 15) is 18.3 Å². The van der Waals surface area contributed by atoms with Crippen LogP contribution in [0.5, 0.6) is 5.75 Å². The Labute approximate surface area is 147 Å². The predicted molar refractivity (Wildman–Crippen MR) is 94.1 cm³/mol. The highest BCUT2D eigenvalue weighted by Crippen LogP contribution is 2.18. The molecule has 0 spiro atoms. The fourth-order valence-corrected chi connectivity index (χ4v) is 3.44. The molecule has 0 bridgehead atoms. The third kappa shape index (κ3) is 5.58. The standard InChI is InChI=1S/C18H21NO5S/c1-13(2)24-15-8-10-16(11-9-15)25(22,23)19-17(18(20)21)12-14-6-4-3-5-7-14/h3-11,13,17,19H,12H2,1-2H3,(H,20,21)/t17-/m0/s1. The monoisotopic (exact) mass is 363 g/mol. The van der Waals surface area contributed by atoms with Crippen LogP contribution in [0.15, 0.2) is 59.5 Å². The second-order valence-corrected chi connectivity index (χ2v) is 7.55. The smallest absolute Gasteiger partial charge is 0.322 e. The summed E-state index contributed by atoms with van der Waals surface area (Å²) >= 11 is 0. The minimum absolute atomic E-state index is 0.0112. The van der Waals surface area contributed by atoms with E-state index in [4.69, 9.17) is 4.74 Å². The molecule has 0 amide bonds. The Morgan fingerprint density at radius 3 is 2.20 bits per heavy atom. The van der Waals surface area contributed by atoms with Gasteiger partial charge in [0, 0.05) is 0 Å². The highest BCUT2D eigenvalue weighted by atomic mass is 32.2. The molecule has 0 radical (unpaired) electrons. The molecule has 0 heterocycles. The Hall–Kier alpha value is -2.38. The number of nitrogens with one attached hydrogen (secondary N) is 1. The van der Waals surface area contributed by atoms with Gasteiger partial charge in [0.1, 0.15) is 11.8 Å². The zero-order valence-corrected chi connectivity index (χ0v) is 14.9. The molecule has 25 heavy (non-hydrogen) atoms. The van der Waals surface area contributed by atoms with Gasteiger partial charge in [0.2, 0.25) is 10.0 Å². The quantitative estimate of drug-likeness (QED) is 0.751. The van der Waals surface area contributed by atoms with E-state index in [1.165, 1.54) is 12.1 Å². The largest absolute Gasteiger partial charge is 0.491 e. The molecule has 0 unspecified atom stereocenters. The van der Waals surface area contributed by atoms with Gasteiger partial charge in [-0.25, -0.2) is 8.42 Å². The van der Waals surface area contributed by atoms with Gasteiger partial charge in [-0.15, -0.1) is 0 Å². The maximum Gasteiger partial charge on any atom is 0.322 e. The minimum Gasteiger partial charge on any atom is -0.491 e. The molecule has 7 heteroatoms. The van der Waals surface area contributed by atoms with Gasteiger partial charge >= 0.3 is 5.97 Å². The number of ether oxygens (including phenoxy) is 1. The fourth-order valence-electron chi connectivity index (χ4n) is 2.25. The van der Waals surface area contributed by atoms with Crippen LogP contribution in [-0.4, -0.2) is 31.6 Å². The van der Waals surface area contributed by atoms with Gasteiger partial charge in [0.15, 0.2) is 0 Å². The zero-order valence-electron chi connectivity index (χ0n) is 14.0. The second-order valence-electron chi connectivity index (χ2n) is 5.84. The number of benzene rings is 2. The van der Waals surface area contributed by atoms with Gasteiger partial charge in [0.05, 0.1) is 11.0 Å². The summed E-state index contributed by atoms with van der Waals surface area (Å²) in [6.07, 6.45) is 0.0343. The number of hydrogen-bond donors (Lipinski definition) is 2. The van der Waals surface area contributed by atoms with Crippen molar-refractivity contribution in [2.45, 2.75) is 37.3 Å². The minimum atomic E-state index is -3.96. The summed E-state index contributed by atoms with van der Waals surface area (Å²) in [6.45, 7) is 3.74. The second kappa shape index (κ2) is 8.13. The van der Waals surface area contributed by atoms with E-state index >= 15 is 0 Å². The first-order valence-corrected chi connectivity index (χ1v) is 9.32. The van der Waals surface area contributed by atoms with Crippen molar-refractivity contribution in [1.82, 2.24) is 4.72 Å². The molecule has 0 saturated heterocycles. The van der Waals surface area contributed by atoms with Crippen LogP contribution in [0.3, 0.4) is 0 Å². The van der Waals surface area contributed by atoms with Crippen LogP contribution in [0.2, 0.25) is 0 Å². The number of carboxylic acid groups (broad SMARTS) is 1. The van der Waals surface area contributed by atoms with Gasteiger partial charge < -0.3 is 9.84 Å². The first-order chi connectivity index (χ1) is 11.8. The summed E-state index contributed by atoms with van der Waals surface area (Å²) in [4.78, 5) is 11.4. The number of hydrogen-bond acceptors (Lipinski definition) is 4. The van der Waals surface area contributed by atoms with Crippen LogP contribution in [-0.2, 0) is 21.2 Å². The molecule has 0 fully saturated rings. The molecule has 0 aliphatic rings. The van der Waals surface area contributed by atoms with E-state index in [2.05, 4.69) is 4.72 Å². The lowest BCUT2D eigenvalue weighted by atomic mass is 10.1. The maximum absolute atomic E-state index is 12.5. The zero-order chi connectivity index (χ0) is 18.4. The van der Waals surface area contributed by atoms with Crippen molar-refractivity contribution < 1.29 is 23.1 Å². The third-order valence-corrected chi connectivity index (χ3v) is 4.87. The molecule has 0 aliphatic carbocycles. The fraction of sp³-hybridized carbons (Fsp3) is 0.278. The van der Waals surface area contributed by atoms with E-state index in [0.717, 1.165) is 5.56 Å². The summed E-state index contributed by atoms with van der Waals surface area (Å²) in [5, 5.41) is 9.34. The molecule has 2 aromatic rings. The van der Waals surface area contributed by atoms with Gasteiger partial charge in [0.25, 0.3) is 0 Å². The van der Waals surface area contributed by atoms with E-state index in [1.807, 2.05) is 19.9 Å². The lowest BCUT2D eigenvalue weighted by Crippen LogP contribution is -2.42. The Morgan fingerprint density at radius 2 is 1.68 bits per heavy atom. The van der Waals surface area contributed by atoms with Gasteiger partial charge in [-0.3, -0.25) is 4.79 Å². The van der Waals surface area contributed by atoms with Crippen molar-refractivity contribution in [3.63, 3.8) is 0 Å². The van der Waals surface area contributed by atoms with Crippen LogP contribution in [0, 0.1) is 0 Å². The summed E-state index contributed by atoms with van der Waals surface area (Å²) in [6, 6.07) is 13.5. The van der Waals surface area contributed by atoms with Crippen LogP contribution in [0.4, 0.5) is 0 Å². The SMILES string of the molecule is CC(C)Oc1ccc(S(=O)(=O)N[C@@H](Cc2ccccc2)C(=O)O)cc1. The van der Waals surface area contributed by atoms with Crippen molar-refractivity contribution in [2.24, 2.45) is 0 Å². The normalized spacial score (nSPS) is 12.8. The lowest BCUT2D eigenvalue weighted by Gasteiger charge is -2.15. The summed E-state index contributed by atoms with van der Waals surface area (Å²) in [7, 11) is -3.96. The molecule has 0 aromatic heterocycles. The van der Waals surface area contributed by atoms with Gasteiger partial charge in [-0.05, 0) is 50.1 Å². The van der Waals surface area contributed by atoms with Gasteiger partial charge in [-0.1, -0.05) is 30.3 Å². The van der Waals surface area contributed by atoms with Crippen LogP contribution in [0.25, 0.3) is 0 Å². The number of rotatable bonds is 8. The molecule has 2 N–H and O–H groups in total. The molecule has 2 aromatic carbocycles.